The van der Waals surface area contributed by atoms with Gasteiger partial charge < -0.3 is 9.84 Å². The first-order valence-electron chi connectivity index (χ1n) is 6.60. The predicted octanol–water partition coefficient (Wildman–Crippen LogP) is 2.43. The average molecular weight is 295 g/mol. The van der Waals surface area contributed by atoms with E-state index in [1.54, 1.807) is 0 Å². The number of hydrogen-bond donors (Lipinski definition) is 1. The molecule has 1 N–H and O–H groups in total. The van der Waals surface area contributed by atoms with Gasteiger partial charge in [0.05, 0.1) is 6.54 Å². The summed E-state index contributed by atoms with van der Waals surface area (Å²) in [5.74, 6) is 1.22. The molecule has 0 bridgehead atoms. The minimum Gasteiger partial charge on any atom is -0.338 e. The van der Waals surface area contributed by atoms with Crippen molar-refractivity contribution in [3.05, 3.63) is 35.2 Å². The molecule has 0 saturated carbocycles. The monoisotopic (exact) mass is 294 g/mol. The van der Waals surface area contributed by atoms with E-state index >= 15 is 0 Å². The molecule has 0 aliphatic heterocycles. The number of aromatic nitrogens is 2. The highest BCUT2D eigenvalue weighted by molar-refractivity contribution is 6.30. The van der Waals surface area contributed by atoms with Crippen LogP contribution in [0, 0.1) is 0 Å². The molecule has 0 saturated heterocycles. The molecular weight excluding hydrogens is 276 g/mol. The van der Waals surface area contributed by atoms with Crippen molar-refractivity contribution in [2.75, 3.05) is 27.2 Å². The van der Waals surface area contributed by atoms with E-state index in [1.165, 1.54) is 0 Å². The van der Waals surface area contributed by atoms with E-state index in [4.69, 9.17) is 16.1 Å². The maximum Gasteiger partial charge on any atom is 0.241 e. The summed E-state index contributed by atoms with van der Waals surface area (Å²) in [6.07, 6.45) is 1.09. The second-order valence-corrected chi connectivity index (χ2v) is 5.15. The Kier molecular flexibility index (Phi) is 5.52. The van der Waals surface area contributed by atoms with Gasteiger partial charge in [0.1, 0.15) is 0 Å². The molecule has 0 atom stereocenters. The van der Waals surface area contributed by atoms with Crippen molar-refractivity contribution < 1.29 is 4.52 Å². The van der Waals surface area contributed by atoms with Crippen LogP contribution in [0.5, 0.6) is 0 Å². The minimum absolute atomic E-state index is 0.597. The molecule has 20 heavy (non-hydrogen) atoms. The zero-order chi connectivity index (χ0) is 14.4. The number of benzene rings is 1. The molecule has 0 radical (unpaired) electrons. The maximum atomic E-state index is 5.86. The Morgan fingerprint density at radius 1 is 1.30 bits per heavy atom. The van der Waals surface area contributed by atoms with Crippen LogP contribution in [0.25, 0.3) is 11.4 Å². The highest BCUT2D eigenvalue weighted by atomic mass is 35.5. The van der Waals surface area contributed by atoms with Gasteiger partial charge in [-0.05, 0) is 57.9 Å². The summed E-state index contributed by atoms with van der Waals surface area (Å²) in [6, 6.07) is 7.40. The lowest BCUT2D eigenvalue weighted by atomic mass is 10.2. The smallest absolute Gasteiger partial charge is 0.241 e. The first kappa shape index (κ1) is 15.0. The predicted molar refractivity (Wildman–Crippen MR) is 79.6 cm³/mol. The molecule has 108 valence electrons. The summed E-state index contributed by atoms with van der Waals surface area (Å²) in [7, 11) is 4.00. The molecule has 5 nitrogen and oxygen atoms in total. The fourth-order valence-corrected chi connectivity index (χ4v) is 2.00. The second kappa shape index (κ2) is 7.38. The van der Waals surface area contributed by atoms with Gasteiger partial charge >= 0.3 is 0 Å². The third kappa shape index (κ3) is 4.30. The number of nitrogens with one attached hydrogen (secondary N) is 1. The Hall–Kier alpha value is -1.43. The van der Waals surface area contributed by atoms with Crippen LogP contribution in [0.1, 0.15) is 12.3 Å². The van der Waals surface area contributed by atoms with Gasteiger partial charge in [0.2, 0.25) is 11.7 Å². The van der Waals surface area contributed by atoms with Crippen molar-refractivity contribution in [3.63, 3.8) is 0 Å². The Bertz CT molecular complexity index is 526. The lowest BCUT2D eigenvalue weighted by molar-refractivity contribution is 0.264. The van der Waals surface area contributed by atoms with Gasteiger partial charge in [-0.25, -0.2) is 0 Å². The topological polar surface area (TPSA) is 54.2 Å². The standard InChI is InChI=1S/C14H19ClN4O/c1-16-8-3-9-19(2)10-13-17-14(18-20-13)11-4-6-12(15)7-5-11/h4-7,16H,3,8-10H2,1-2H3. The average Bonchev–Trinajstić information content (AvgIpc) is 2.88. The van der Waals surface area contributed by atoms with Crippen LogP contribution in [0.3, 0.4) is 0 Å². The van der Waals surface area contributed by atoms with Gasteiger partial charge in [-0.3, -0.25) is 4.90 Å². The van der Waals surface area contributed by atoms with Gasteiger partial charge in [-0.15, -0.1) is 0 Å². The van der Waals surface area contributed by atoms with E-state index in [-0.39, 0.29) is 0 Å². The van der Waals surface area contributed by atoms with Crippen molar-refractivity contribution in [1.29, 1.82) is 0 Å². The van der Waals surface area contributed by atoms with E-state index in [0.29, 0.717) is 23.3 Å². The summed E-state index contributed by atoms with van der Waals surface area (Å²) in [4.78, 5) is 6.56. The molecule has 0 spiro atoms. The van der Waals surface area contributed by atoms with Crippen LogP contribution >= 0.6 is 11.6 Å². The molecule has 0 fully saturated rings. The fourth-order valence-electron chi connectivity index (χ4n) is 1.87. The number of hydrogen-bond acceptors (Lipinski definition) is 5. The van der Waals surface area contributed by atoms with E-state index in [0.717, 1.165) is 25.1 Å². The zero-order valence-electron chi connectivity index (χ0n) is 11.8. The highest BCUT2D eigenvalue weighted by Gasteiger charge is 2.10. The van der Waals surface area contributed by atoms with Crippen molar-refractivity contribution in [1.82, 2.24) is 20.4 Å². The molecule has 0 amide bonds. The molecule has 0 aliphatic carbocycles. The van der Waals surface area contributed by atoms with Crippen LogP contribution in [0.2, 0.25) is 5.02 Å². The number of nitrogens with zero attached hydrogens (tertiary/aromatic N) is 3. The van der Waals surface area contributed by atoms with Gasteiger partial charge in [0, 0.05) is 10.6 Å². The van der Waals surface area contributed by atoms with E-state index in [1.807, 2.05) is 38.4 Å². The highest BCUT2D eigenvalue weighted by Crippen LogP contribution is 2.18. The van der Waals surface area contributed by atoms with Gasteiger partial charge in [0.25, 0.3) is 0 Å². The molecule has 6 heteroatoms. The van der Waals surface area contributed by atoms with Crippen LogP contribution in [0.4, 0.5) is 0 Å². The lowest BCUT2D eigenvalue weighted by Crippen LogP contribution is -2.22. The molecule has 1 aromatic heterocycles. The van der Waals surface area contributed by atoms with Crippen LogP contribution in [-0.2, 0) is 6.54 Å². The Labute approximate surface area is 123 Å². The first-order chi connectivity index (χ1) is 9.69. The zero-order valence-corrected chi connectivity index (χ0v) is 12.5. The largest absolute Gasteiger partial charge is 0.338 e. The molecule has 2 aromatic rings. The van der Waals surface area contributed by atoms with Crippen LogP contribution < -0.4 is 5.32 Å². The molecule has 0 unspecified atom stereocenters. The van der Waals surface area contributed by atoms with Crippen molar-refractivity contribution >= 4 is 11.6 Å². The Morgan fingerprint density at radius 2 is 2.05 bits per heavy atom. The normalized spacial score (nSPS) is 11.2. The molecule has 1 aromatic carbocycles. The van der Waals surface area contributed by atoms with E-state index in [2.05, 4.69) is 20.4 Å². The summed E-state index contributed by atoms with van der Waals surface area (Å²) in [6.45, 7) is 2.65. The van der Waals surface area contributed by atoms with Crippen molar-refractivity contribution in [2.45, 2.75) is 13.0 Å². The molecular formula is C14H19ClN4O. The summed E-state index contributed by atoms with van der Waals surface area (Å²) < 4.78 is 5.27. The van der Waals surface area contributed by atoms with Crippen LogP contribution in [-0.4, -0.2) is 42.2 Å². The molecule has 1 heterocycles. The summed E-state index contributed by atoms with van der Waals surface area (Å²) in [5, 5.41) is 7.82. The lowest BCUT2D eigenvalue weighted by Gasteiger charge is -2.13. The third-order valence-corrected chi connectivity index (χ3v) is 3.19. The molecule has 2 rings (SSSR count). The van der Waals surface area contributed by atoms with Gasteiger partial charge in [-0.2, -0.15) is 4.98 Å². The Balaban J connectivity index is 1.93. The molecule has 0 aliphatic rings. The van der Waals surface area contributed by atoms with Crippen LogP contribution in [0.15, 0.2) is 28.8 Å². The Morgan fingerprint density at radius 3 is 2.75 bits per heavy atom. The summed E-state index contributed by atoms with van der Waals surface area (Å²) in [5.41, 5.74) is 0.905. The van der Waals surface area contributed by atoms with Gasteiger partial charge in [0.15, 0.2) is 0 Å². The third-order valence-electron chi connectivity index (χ3n) is 2.94. The first-order valence-corrected chi connectivity index (χ1v) is 6.98. The van der Waals surface area contributed by atoms with E-state index in [9.17, 15) is 0 Å². The van der Waals surface area contributed by atoms with Crippen molar-refractivity contribution in [3.8, 4) is 11.4 Å². The second-order valence-electron chi connectivity index (χ2n) is 4.71. The van der Waals surface area contributed by atoms with E-state index < -0.39 is 0 Å². The maximum absolute atomic E-state index is 5.86. The SMILES string of the molecule is CNCCCN(C)Cc1nc(-c2ccc(Cl)cc2)no1. The van der Waals surface area contributed by atoms with Crippen molar-refractivity contribution in [2.24, 2.45) is 0 Å². The van der Waals surface area contributed by atoms with Gasteiger partial charge in [-0.1, -0.05) is 16.8 Å². The fraction of sp³-hybridized carbons (Fsp3) is 0.429. The minimum atomic E-state index is 0.597. The summed E-state index contributed by atoms with van der Waals surface area (Å²) >= 11 is 5.86. The number of halogens is 1. The quantitative estimate of drug-likeness (QED) is 0.795. The number of rotatable bonds is 7.